The molecule has 6 nitrogen and oxygen atoms in total. The summed E-state index contributed by atoms with van der Waals surface area (Å²) in [7, 11) is 0. The number of nitrogens with two attached hydrogens (primary N) is 1. The Balaban J connectivity index is 1.89. The molecule has 0 unspecified atom stereocenters. The highest BCUT2D eigenvalue weighted by atomic mass is 15.3. The molecule has 4 rings (SSSR count). The number of nitrogens with one attached hydrogen (secondary N) is 1. The van der Waals surface area contributed by atoms with E-state index < -0.39 is 0 Å². The molecule has 0 saturated carbocycles. The normalized spacial score (nSPS) is 14.0. The monoisotopic (exact) mass is 308 g/mol. The Morgan fingerprint density at radius 3 is 2.91 bits per heavy atom. The maximum Gasteiger partial charge on any atom is 0.158 e. The molecule has 3 heterocycles. The van der Waals surface area contributed by atoms with Crippen LogP contribution < -0.4 is 11.1 Å². The third kappa shape index (κ3) is 2.55. The minimum absolute atomic E-state index is 0.590. The van der Waals surface area contributed by atoms with E-state index in [4.69, 9.17) is 15.8 Å². The molecule has 0 atom stereocenters. The van der Waals surface area contributed by atoms with E-state index in [9.17, 15) is 0 Å². The second-order valence-corrected chi connectivity index (χ2v) is 5.82. The number of aromatic nitrogens is 4. The summed E-state index contributed by atoms with van der Waals surface area (Å²) in [4.78, 5) is 9.22. The molecule has 0 radical (unpaired) electrons. The summed E-state index contributed by atoms with van der Waals surface area (Å²) < 4.78 is 1.91. The Labute approximate surface area is 134 Å². The molecule has 3 aromatic heterocycles. The van der Waals surface area contributed by atoms with Crippen LogP contribution in [0.4, 0.5) is 5.82 Å². The molecule has 3 N–H and O–H groups in total. The van der Waals surface area contributed by atoms with Crippen molar-refractivity contribution in [3.8, 4) is 11.4 Å². The molecule has 0 aliphatic heterocycles. The molecule has 0 fully saturated rings. The summed E-state index contributed by atoms with van der Waals surface area (Å²) in [6, 6.07) is 7.85. The van der Waals surface area contributed by atoms with Crippen LogP contribution >= 0.6 is 0 Å². The first-order valence-electron chi connectivity index (χ1n) is 8.13. The summed E-state index contributed by atoms with van der Waals surface area (Å²) in [6.45, 7) is 1.32. The predicted octanol–water partition coefficient (Wildman–Crippen LogP) is 2.04. The van der Waals surface area contributed by atoms with E-state index >= 15 is 0 Å². The molecular weight excluding hydrogens is 288 g/mol. The molecule has 1 aliphatic rings. The van der Waals surface area contributed by atoms with Crippen molar-refractivity contribution in [2.24, 2.45) is 5.73 Å². The Morgan fingerprint density at radius 1 is 1.17 bits per heavy atom. The second-order valence-electron chi connectivity index (χ2n) is 5.82. The highest BCUT2D eigenvalue weighted by Gasteiger charge is 2.20. The predicted molar refractivity (Wildman–Crippen MR) is 90.4 cm³/mol. The lowest BCUT2D eigenvalue weighted by atomic mass is 9.96. The minimum atomic E-state index is 0.590. The van der Waals surface area contributed by atoms with Crippen molar-refractivity contribution in [1.29, 1.82) is 0 Å². The average Bonchev–Trinajstić information content (AvgIpc) is 3.03. The third-order valence-electron chi connectivity index (χ3n) is 4.24. The smallest absolute Gasteiger partial charge is 0.158 e. The average molecular weight is 308 g/mol. The molecule has 0 saturated heterocycles. The Morgan fingerprint density at radius 2 is 2.09 bits per heavy atom. The standard InChI is InChI=1S/C17H20N6/c18-8-10-20-17-12-5-1-2-6-13(12)21-16-11-15(22-23(16)17)14-7-3-4-9-19-14/h3-4,7,9,11,20H,1-2,5-6,8,10,18H2. The Kier molecular flexibility index (Phi) is 3.67. The van der Waals surface area contributed by atoms with Crippen LogP contribution in [0.15, 0.2) is 30.5 Å². The van der Waals surface area contributed by atoms with Crippen molar-refractivity contribution < 1.29 is 0 Å². The first-order chi connectivity index (χ1) is 11.4. The van der Waals surface area contributed by atoms with Gasteiger partial charge in [-0.3, -0.25) is 4.98 Å². The van der Waals surface area contributed by atoms with E-state index in [1.54, 1.807) is 6.20 Å². The second kappa shape index (κ2) is 5.96. The largest absolute Gasteiger partial charge is 0.368 e. The van der Waals surface area contributed by atoms with Crippen LogP contribution in [0.3, 0.4) is 0 Å². The number of aryl methyl sites for hydroxylation is 1. The SMILES string of the molecule is NCCNc1c2c(nc3cc(-c4ccccn4)nn13)CCCC2. The lowest BCUT2D eigenvalue weighted by Crippen LogP contribution is -2.19. The van der Waals surface area contributed by atoms with Gasteiger partial charge in [0.1, 0.15) is 11.5 Å². The fraction of sp³-hybridized carbons (Fsp3) is 0.353. The Bertz CT molecular complexity index is 824. The molecule has 6 heteroatoms. The van der Waals surface area contributed by atoms with Crippen molar-refractivity contribution in [1.82, 2.24) is 19.6 Å². The number of hydrogen-bond donors (Lipinski definition) is 2. The molecule has 118 valence electrons. The van der Waals surface area contributed by atoms with Gasteiger partial charge in [0, 0.05) is 36.6 Å². The van der Waals surface area contributed by atoms with Gasteiger partial charge in [-0.05, 0) is 37.8 Å². The number of fused-ring (bicyclic) bond motifs is 2. The van der Waals surface area contributed by atoms with Gasteiger partial charge < -0.3 is 11.1 Å². The van der Waals surface area contributed by atoms with E-state index in [-0.39, 0.29) is 0 Å². The number of rotatable bonds is 4. The van der Waals surface area contributed by atoms with Gasteiger partial charge >= 0.3 is 0 Å². The van der Waals surface area contributed by atoms with Crippen molar-refractivity contribution >= 4 is 11.5 Å². The maximum absolute atomic E-state index is 5.67. The van der Waals surface area contributed by atoms with Crippen LogP contribution in [0.5, 0.6) is 0 Å². The van der Waals surface area contributed by atoms with Crippen LogP contribution in [0.2, 0.25) is 0 Å². The molecule has 0 aromatic carbocycles. The highest BCUT2D eigenvalue weighted by Crippen LogP contribution is 2.29. The van der Waals surface area contributed by atoms with Crippen LogP contribution in [0, 0.1) is 0 Å². The van der Waals surface area contributed by atoms with Crippen LogP contribution in [-0.4, -0.2) is 32.7 Å². The summed E-state index contributed by atoms with van der Waals surface area (Å²) in [5.41, 5.74) is 10.7. The fourth-order valence-corrected chi connectivity index (χ4v) is 3.16. The van der Waals surface area contributed by atoms with Crippen molar-refractivity contribution in [3.05, 3.63) is 41.7 Å². The van der Waals surface area contributed by atoms with Gasteiger partial charge in [-0.15, -0.1) is 0 Å². The quantitative estimate of drug-likeness (QED) is 0.771. The van der Waals surface area contributed by atoms with Gasteiger partial charge in [0.25, 0.3) is 0 Å². The number of anilines is 1. The molecular formula is C17H20N6. The van der Waals surface area contributed by atoms with E-state index in [0.717, 1.165) is 42.2 Å². The summed E-state index contributed by atoms with van der Waals surface area (Å²) in [5, 5.41) is 8.18. The zero-order chi connectivity index (χ0) is 15.6. The van der Waals surface area contributed by atoms with Crippen LogP contribution in [0.25, 0.3) is 17.0 Å². The minimum Gasteiger partial charge on any atom is -0.368 e. The topological polar surface area (TPSA) is 81.1 Å². The maximum atomic E-state index is 5.67. The van der Waals surface area contributed by atoms with Crippen LogP contribution in [-0.2, 0) is 12.8 Å². The zero-order valence-electron chi connectivity index (χ0n) is 13.0. The zero-order valence-corrected chi connectivity index (χ0v) is 13.0. The van der Waals surface area contributed by atoms with Crippen molar-refractivity contribution in [2.45, 2.75) is 25.7 Å². The van der Waals surface area contributed by atoms with Crippen molar-refractivity contribution in [3.63, 3.8) is 0 Å². The van der Waals surface area contributed by atoms with E-state index in [1.165, 1.54) is 24.1 Å². The molecule has 23 heavy (non-hydrogen) atoms. The summed E-state index contributed by atoms with van der Waals surface area (Å²) in [6.07, 6.45) is 6.27. The fourth-order valence-electron chi connectivity index (χ4n) is 3.16. The van der Waals surface area contributed by atoms with E-state index in [2.05, 4.69) is 10.3 Å². The third-order valence-corrected chi connectivity index (χ3v) is 4.24. The van der Waals surface area contributed by atoms with E-state index in [0.29, 0.717) is 6.54 Å². The molecule has 3 aromatic rings. The first-order valence-corrected chi connectivity index (χ1v) is 8.13. The number of hydrogen-bond acceptors (Lipinski definition) is 5. The van der Waals surface area contributed by atoms with Gasteiger partial charge in [-0.25, -0.2) is 4.98 Å². The molecule has 0 spiro atoms. The molecule has 1 aliphatic carbocycles. The van der Waals surface area contributed by atoms with Crippen LogP contribution in [0.1, 0.15) is 24.1 Å². The van der Waals surface area contributed by atoms with Gasteiger partial charge in [-0.2, -0.15) is 9.61 Å². The molecule has 0 amide bonds. The van der Waals surface area contributed by atoms with E-state index in [1.807, 2.05) is 28.8 Å². The lowest BCUT2D eigenvalue weighted by molar-refractivity contribution is 0.661. The van der Waals surface area contributed by atoms with Gasteiger partial charge in [0.05, 0.1) is 5.69 Å². The summed E-state index contributed by atoms with van der Waals surface area (Å²) in [5.74, 6) is 1.04. The van der Waals surface area contributed by atoms with Gasteiger partial charge in [-0.1, -0.05) is 6.07 Å². The summed E-state index contributed by atoms with van der Waals surface area (Å²) >= 11 is 0. The first kappa shape index (κ1) is 14.1. The molecule has 0 bridgehead atoms. The lowest BCUT2D eigenvalue weighted by Gasteiger charge is -2.20. The highest BCUT2D eigenvalue weighted by molar-refractivity contribution is 5.64. The number of pyridine rings is 1. The van der Waals surface area contributed by atoms with Crippen molar-refractivity contribution in [2.75, 3.05) is 18.4 Å². The Hall–Kier alpha value is -2.47. The van der Waals surface area contributed by atoms with Gasteiger partial charge in [0.2, 0.25) is 0 Å². The number of nitrogens with zero attached hydrogens (tertiary/aromatic N) is 4. The van der Waals surface area contributed by atoms with Gasteiger partial charge in [0.15, 0.2) is 5.65 Å².